The SMILES string of the molecule is CCN(CC)S(=O)(=O)c1ccc(NNS(=O)(=O)c2ccc(Cl)c(Cl)c2)nc1. The van der Waals surface area contributed by atoms with Crippen molar-refractivity contribution in [2.24, 2.45) is 0 Å². The Bertz CT molecular complexity index is 1010. The lowest BCUT2D eigenvalue weighted by molar-refractivity contribution is 0.445. The van der Waals surface area contributed by atoms with Crippen LogP contribution in [0.5, 0.6) is 0 Å². The van der Waals surface area contributed by atoms with E-state index in [1.807, 2.05) is 0 Å². The van der Waals surface area contributed by atoms with Crippen LogP contribution in [0.3, 0.4) is 0 Å². The number of anilines is 1. The summed E-state index contributed by atoms with van der Waals surface area (Å²) < 4.78 is 50.6. The molecule has 2 rings (SSSR count). The molecule has 1 aromatic heterocycles. The highest BCUT2D eigenvalue weighted by atomic mass is 35.5. The summed E-state index contributed by atoms with van der Waals surface area (Å²) in [6, 6.07) is 6.57. The molecule has 2 N–H and O–H groups in total. The van der Waals surface area contributed by atoms with Crippen molar-refractivity contribution in [2.45, 2.75) is 23.6 Å². The molecule has 27 heavy (non-hydrogen) atoms. The molecule has 1 aromatic carbocycles. The van der Waals surface area contributed by atoms with Crippen LogP contribution in [0.15, 0.2) is 46.3 Å². The van der Waals surface area contributed by atoms with Gasteiger partial charge in [-0.25, -0.2) is 21.8 Å². The molecule has 0 spiro atoms. The van der Waals surface area contributed by atoms with Gasteiger partial charge < -0.3 is 0 Å². The summed E-state index contributed by atoms with van der Waals surface area (Å²) in [5.74, 6) is 0.122. The number of halogens is 2. The second kappa shape index (κ2) is 8.72. The van der Waals surface area contributed by atoms with Crippen molar-refractivity contribution in [1.29, 1.82) is 0 Å². The third-order valence-electron chi connectivity index (χ3n) is 3.59. The Labute approximate surface area is 168 Å². The summed E-state index contributed by atoms with van der Waals surface area (Å²) in [5.41, 5.74) is 2.42. The second-order valence-electron chi connectivity index (χ2n) is 5.27. The first-order valence-corrected chi connectivity index (χ1v) is 11.5. The van der Waals surface area contributed by atoms with E-state index in [0.29, 0.717) is 13.1 Å². The smallest absolute Gasteiger partial charge is 0.257 e. The Kier molecular flexibility index (Phi) is 7.06. The molecule has 148 valence electrons. The standard InChI is InChI=1S/C15H18Cl2N4O4S2/c1-3-21(4-2)27(24,25)12-6-8-15(18-10-12)19-20-26(22,23)11-5-7-13(16)14(17)9-11/h5-10,20H,3-4H2,1-2H3,(H,18,19). The van der Waals surface area contributed by atoms with E-state index in [9.17, 15) is 16.8 Å². The van der Waals surface area contributed by atoms with E-state index in [1.54, 1.807) is 13.8 Å². The summed E-state index contributed by atoms with van der Waals surface area (Å²) in [6.07, 6.45) is 1.16. The highest BCUT2D eigenvalue weighted by Crippen LogP contribution is 2.24. The molecule has 0 fully saturated rings. The maximum atomic E-state index is 12.4. The van der Waals surface area contributed by atoms with Crippen molar-refractivity contribution in [2.75, 3.05) is 18.5 Å². The molecule has 0 saturated heterocycles. The van der Waals surface area contributed by atoms with Gasteiger partial charge in [-0.05, 0) is 30.3 Å². The average Bonchev–Trinajstić information content (AvgIpc) is 2.63. The first-order valence-electron chi connectivity index (χ1n) is 7.81. The number of rotatable bonds is 8. The third kappa shape index (κ3) is 5.09. The van der Waals surface area contributed by atoms with Gasteiger partial charge in [0.25, 0.3) is 10.0 Å². The van der Waals surface area contributed by atoms with Gasteiger partial charge in [0.2, 0.25) is 10.0 Å². The first-order chi connectivity index (χ1) is 12.6. The number of aromatic nitrogens is 1. The molecule has 0 atom stereocenters. The predicted octanol–water partition coefficient (Wildman–Crippen LogP) is 2.72. The number of hydrogen-bond donors (Lipinski definition) is 2. The topological polar surface area (TPSA) is 108 Å². The molecule has 0 radical (unpaired) electrons. The zero-order valence-electron chi connectivity index (χ0n) is 14.5. The number of hydrazine groups is 1. The van der Waals surface area contributed by atoms with Crippen molar-refractivity contribution in [3.63, 3.8) is 0 Å². The molecule has 0 amide bonds. The van der Waals surface area contributed by atoms with E-state index in [2.05, 4.69) is 15.2 Å². The summed E-state index contributed by atoms with van der Waals surface area (Å²) in [5, 5.41) is 0.332. The summed E-state index contributed by atoms with van der Waals surface area (Å²) >= 11 is 11.6. The molecule has 2 aromatic rings. The minimum absolute atomic E-state index is 0.0177. The maximum Gasteiger partial charge on any atom is 0.257 e. The molecular weight excluding hydrogens is 435 g/mol. The van der Waals surface area contributed by atoms with Gasteiger partial charge >= 0.3 is 0 Å². The molecule has 0 aliphatic rings. The van der Waals surface area contributed by atoms with Crippen molar-refractivity contribution in [1.82, 2.24) is 14.1 Å². The van der Waals surface area contributed by atoms with Crippen LogP contribution >= 0.6 is 23.2 Å². The van der Waals surface area contributed by atoms with Crippen LogP contribution in [-0.2, 0) is 20.0 Å². The van der Waals surface area contributed by atoms with Gasteiger partial charge in [0, 0.05) is 19.3 Å². The van der Waals surface area contributed by atoms with Gasteiger partial charge in [-0.1, -0.05) is 37.0 Å². The Morgan fingerprint density at radius 1 is 0.963 bits per heavy atom. The summed E-state index contributed by atoms with van der Waals surface area (Å²) in [4.78, 5) is 6.00. The predicted molar refractivity (Wildman–Crippen MR) is 105 cm³/mol. The van der Waals surface area contributed by atoms with Crippen molar-refractivity contribution in [3.05, 3.63) is 46.6 Å². The van der Waals surface area contributed by atoms with Gasteiger partial charge in [0.1, 0.15) is 10.7 Å². The summed E-state index contributed by atoms with van der Waals surface area (Å²) in [7, 11) is -7.56. The van der Waals surface area contributed by atoms with Crippen LogP contribution < -0.4 is 10.3 Å². The average molecular weight is 453 g/mol. The van der Waals surface area contributed by atoms with Gasteiger partial charge in [-0.3, -0.25) is 5.43 Å². The molecule has 0 saturated carbocycles. The van der Waals surface area contributed by atoms with Gasteiger partial charge in [-0.15, -0.1) is 4.83 Å². The van der Waals surface area contributed by atoms with Gasteiger partial charge in [-0.2, -0.15) is 4.31 Å². The third-order valence-corrected chi connectivity index (χ3v) is 7.61. The molecule has 0 aliphatic heterocycles. The number of sulfonamides is 2. The monoisotopic (exact) mass is 452 g/mol. The number of nitrogens with zero attached hydrogens (tertiary/aromatic N) is 2. The largest absolute Gasteiger partial charge is 0.292 e. The van der Waals surface area contributed by atoms with Crippen molar-refractivity contribution >= 4 is 49.1 Å². The Morgan fingerprint density at radius 2 is 1.59 bits per heavy atom. The van der Waals surface area contributed by atoms with E-state index >= 15 is 0 Å². The maximum absolute atomic E-state index is 12.4. The van der Waals surface area contributed by atoms with E-state index in [0.717, 1.165) is 6.20 Å². The lowest BCUT2D eigenvalue weighted by Gasteiger charge is -2.18. The van der Waals surface area contributed by atoms with Gasteiger partial charge in [0.05, 0.1) is 14.9 Å². The van der Waals surface area contributed by atoms with Crippen LogP contribution in [0, 0.1) is 0 Å². The van der Waals surface area contributed by atoms with Crippen LogP contribution in [-0.4, -0.2) is 39.2 Å². The molecule has 8 nitrogen and oxygen atoms in total. The van der Waals surface area contributed by atoms with Gasteiger partial charge in [0.15, 0.2) is 0 Å². The zero-order valence-corrected chi connectivity index (χ0v) is 17.6. The minimum atomic E-state index is -3.93. The van der Waals surface area contributed by atoms with Crippen LogP contribution in [0.2, 0.25) is 10.0 Å². The number of nitrogens with one attached hydrogen (secondary N) is 2. The van der Waals surface area contributed by atoms with Crippen LogP contribution in [0.1, 0.15) is 13.8 Å². The molecule has 0 unspecified atom stereocenters. The molecule has 12 heteroatoms. The molecule has 1 heterocycles. The normalized spacial score (nSPS) is 12.3. The Morgan fingerprint density at radius 3 is 2.11 bits per heavy atom. The van der Waals surface area contributed by atoms with Crippen LogP contribution in [0.4, 0.5) is 5.82 Å². The molecule has 0 bridgehead atoms. The van der Waals surface area contributed by atoms with Crippen molar-refractivity contribution in [3.8, 4) is 0 Å². The second-order valence-corrected chi connectivity index (χ2v) is 9.71. The van der Waals surface area contributed by atoms with E-state index in [-0.39, 0.29) is 25.7 Å². The fourth-order valence-electron chi connectivity index (χ4n) is 2.14. The number of hydrogen-bond acceptors (Lipinski definition) is 6. The fraction of sp³-hybridized carbons (Fsp3) is 0.267. The highest BCUT2D eigenvalue weighted by Gasteiger charge is 2.22. The first kappa shape index (κ1) is 21.9. The Balaban J connectivity index is 2.14. The number of pyridine rings is 1. The molecule has 0 aliphatic carbocycles. The van der Waals surface area contributed by atoms with Crippen molar-refractivity contribution < 1.29 is 16.8 Å². The minimum Gasteiger partial charge on any atom is -0.292 e. The zero-order chi connectivity index (χ0) is 20.2. The number of benzene rings is 1. The lowest BCUT2D eigenvalue weighted by Crippen LogP contribution is -2.31. The molecular formula is C15H18Cl2N4O4S2. The fourth-order valence-corrected chi connectivity index (χ4v) is 4.79. The van der Waals surface area contributed by atoms with E-state index in [1.165, 1.54) is 34.6 Å². The lowest BCUT2D eigenvalue weighted by atomic mass is 10.4. The Hall–Kier alpha value is -1.43. The highest BCUT2D eigenvalue weighted by molar-refractivity contribution is 7.89. The summed E-state index contributed by atoms with van der Waals surface area (Å²) in [6.45, 7) is 4.15. The van der Waals surface area contributed by atoms with E-state index in [4.69, 9.17) is 23.2 Å². The van der Waals surface area contributed by atoms with Crippen LogP contribution in [0.25, 0.3) is 0 Å². The quantitative estimate of drug-likeness (QED) is 0.595. The van der Waals surface area contributed by atoms with E-state index < -0.39 is 20.0 Å².